The number of H-pyrrole nitrogens is 1. The van der Waals surface area contributed by atoms with Crippen LogP contribution in [0.3, 0.4) is 0 Å². The van der Waals surface area contributed by atoms with Crippen LogP contribution in [0.25, 0.3) is 10.9 Å². The molecular formula is C14H17N3O. The molecule has 1 fully saturated rings. The molecule has 1 aliphatic rings. The van der Waals surface area contributed by atoms with E-state index in [2.05, 4.69) is 16.4 Å². The molecule has 0 bridgehead atoms. The van der Waals surface area contributed by atoms with E-state index in [4.69, 9.17) is 0 Å². The number of piperazine rings is 1. The second kappa shape index (κ2) is 4.82. The number of amides is 1. The quantitative estimate of drug-likeness (QED) is 0.831. The molecule has 3 rings (SSSR count). The number of nitrogens with zero attached hydrogens (tertiary/aromatic N) is 1. The van der Waals surface area contributed by atoms with E-state index in [9.17, 15) is 4.79 Å². The SMILES string of the molecule is O=C(Cc1ccc2[nH]ccc2c1)N1CCNCC1. The first kappa shape index (κ1) is 11.3. The topological polar surface area (TPSA) is 48.1 Å². The number of hydrogen-bond donors (Lipinski definition) is 2. The molecule has 4 nitrogen and oxygen atoms in total. The zero-order chi connectivity index (χ0) is 12.4. The number of rotatable bonds is 2. The van der Waals surface area contributed by atoms with E-state index < -0.39 is 0 Å². The van der Waals surface area contributed by atoms with Crippen molar-refractivity contribution >= 4 is 16.8 Å². The molecule has 1 amide bonds. The maximum atomic E-state index is 12.1. The van der Waals surface area contributed by atoms with E-state index >= 15 is 0 Å². The summed E-state index contributed by atoms with van der Waals surface area (Å²) in [6.45, 7) is 3.46. The molecule has 2 heterocycles. The highest BCUT2D eigenvalue weighted by Crippen LogP contribution is 2.15. The van der Waals surface area contributed by atoms with E-state index in [1.807, 2.05) is 29.3 Å². The number of carbonyl (C=O) groups is 1. The van der Waals surface area contributed by atoms with Crippen molar-refractivity contribution in [2.45, 2.75) is 6.42 Å². The van der Waals surface area contributed by atoms with E-state index in [1.54, 1.807) is 0 Å². The Balaban J connectivity index is 1.72. The number of aromatic amines is 1. The summed E-state index contributed by atoms with van der Waals surface area (Å²) in [5.41, 5.74) is 2.21. The van der Waals surface area contributed by atoms with Crippen LogP contribution in [0, 0.1) is 0 Å². The fraction of sp³-hybridized carbons (Fsp3) is 0.357. The van der Waals surface area contributed by atoms with Crippen LogP contribution in [0.4, 0.5) is 0 Å². The molecule has 1 aliphatic heterocycles. The largest absolute Gasteiger partial charge is 0.361 e. The molecule has 1 saturated heterocycles. The number of benzene rings is 1. The Morgan fingerprint density at radius 1 is 1.22 bits per heavy atom. The number of hydrogen-bond acceptors (Lipinski definition) is 2. The molecule has 2 aromatic rings. The summed E-state index contributed by atoms with van der Waals surface area (Å²) in [4.78, 5) is 17.2. The molecular weight excluding hydrogens is 226 g/mol. The Bertz CT molecular complexity index is 555. The molecule has 0 unspecified atom stereocenters. The number of nitrogens with one attached hydrogen (secondary N) is 2. The highest BCUT2D eigenvalue weighted by atomic mass is 16.2. The van der Waals surface area contributed by atoms with Gasteiger partial charge in [-0.05, 0) is 29.1 Å². The van der Waals surface area contributed by atoms with Gasteiger partial charge in [0.25, 0.3) is 0 Å². The molecule has 4 heteroatoms. The van der Waals surface area contributed by atoms with Crippen LogP contribution in [-0.2, 0) is 11.2 Å². The molecule has 0 radical (unpaired) electrons. The van der Waals surface area contributed by atoms with Gasteiger partial charge < -0.3 is 15.2 Å². The van der Waals surface area contributed by atoms with Crippen molar-refractivity contribution in [1.29, 1.82) is 0 Å². The van der Waals surface area contributed by atoms with Gasteiger partial charge in [-0.2, -0.15) is 0 Å². The van der Waals surface area contributed by atoms with Crippen LogP contribution in [0.5, 0.6) is 0 Å². The number of fused-ring (bicyclic) bond motifs is 1. The summed E-state index contributed by atoms with van der Waals surface area (Å²) >= 11 is 0. The monoisotopic (exact) mass is 243 g/mol. The lowest BCUT2D eigenvalue weighted by Crippen LogP contribution is -2.46. The Labute approximate surface area is 106 Å². The van der Waals surface area contributed by atoms with Crippen molar-refractivity contribution in [2.24, 2.45) is 0 Å². The first-order valence-corrected chi connectivity index (χ1v) is 6.37. The molecule has 2 N–H and O–H groups in total. The second-order valence-electron chi connectivity index (χ2n) is 4.71. The fourth-order valence-corrected chi connectivity index (χ4v) is 2.41. The smallest absolute Gasteiger partial charge is 0.227 e. The van der Waals surface area contributed by atoms with Crippen LogP contribution in [-0.4, -0.2) is 42.0 Å². The molecule has 94 valence electrons. The number of aromatic nitrogens is 1. The first-order chi connectivity index (χ1) is 8.83. The zero-order valence-electron chi connectivity index (χ0n) is 10.3. The van der Waals surface area contributed by atoms with Gasteiger partial charge in [0.05, 0.1) is 6.42 Å². The molecule has 0 atom stereocenters. The summed E-state index contributed by atoms with van der Waals surface area (Å²) in [5, 5.41) is 4.42. The molecule has 0 aliphatic carbocycles. The number of carbonyl (C=O) groups excluding carboxylic acids is 1. The molecule has 18 heavy (non-hydrogen) atoms. The van der Waals surface area contributed by atoms with Gasteiger partial charge in [0.1, 0.15) is 0 Å². The summed E-state index contributed by atoms with van der Waals surface area (Å²) in [7, 11) is 0. The van der Waals surface area contributed by atoms with Gasteiger partial charge in [-0.15, -0.1) is 0 Å². The predicted octanol–water partition coefficient (Wildman–Crippen LogP) is 1.14. The van der Waals surface area contributed by atoms with Crippen molar-refractivity contribution in [2.75, 3.05) is 26.2 Å². The van der Waals surface area contributed by atoms with E-state index in [-0.39, 0.29) is 5.91 Å². The third-order valence-electron chi connectivity index (χ3n) is 3.44. The summed E-state index contributed by atoms with van der Waals surface area (Å²) < 4.78 is 0. The van der Waals surface area contributed by atoms with Gasteiger partial charge in [0, 0.05) is 37.9 Å². The standard InChI is InChI=1S/C14H17N3O/c18-14(17-7-5-15-6-8-17)10-11-1-2-13-12(9-11)3-4-16-13/h1-4,9,15-16H,5-8,10H2. The van der Waals surface area contributed by atoms with Crippen molar-refractivity contribution in [3.8, 4) is 0 Å². The van der Waals surface area contributed by atoms with Gasteiger partial charge in [-0.3, -0.25) is 4.79 Å². The second-order valence-corrected chi connectivity index (χ2v) is 4.71. The molecule has 0 saturated carbocycles. The molecule has 1 aromatic heterocycles. The zero-order valence-corrected chi connectivity index (χ0v) is 10.3. The third-order valence-corrected chi connectivity index (χ3v) is 3.44. The average Bonchev–Trinajstić information content (AvgIpc) is 2.87. The van der Waals surface area contributed by atoms with Crippen molar-refractivity contribution in [1.82, 2.24) is 15.2 Å². The van der Waals surface area contributed by atoms with Gasteiger partial charge in [-0.1, -0.05) is 6.07 Å². The normalized spacial score (nSPS) is 16.1. The Morgan fingerprint density at radius 2 is 2.06 bits per heavy atom. The minimum absolute atomic E-state index is 0.228. The van der Waals surface area contributed by atoms with Gasteiger partial charge in [0.15, 0.2) is 0 Å². The lowest BCUT2D eigenvalue weighted by atomic mass is 10.1. The first-order valence-electron chi connectivity index (χ1n) is 6.37. The van der Waals surface area contributed by atoms with Crippen LogP contribution >= 0.6 is 0 Å². The maximum Gasteiger partial charge on any atom is 0.227 e. The third kappa shape index (κ3) is 2.24. The van der Waals surface area contributed by atoms with Gasteiger partial charge in [0.2, 0.25) is 5.91 Å². The van der Waals surface area contributed by atoms with Crippen LogP contribution < -0.4 is 5.32 Å². The Morgan fingerprint density at radius 3 is 2.89 bits per heavy atom. The van der Waals surface area contributed by atoms with Crippen molar-refractivity contribution in [3.63, 3.8) is 0 Å². The Hall–Kier alpha value is -1.81. The minimum Gasteiger partial charge on any atom is -0.361 e. The molecule has 0 spiro atoms. The summed E-state index contributed by atoms with van der Waals surface area (Å²) in [6, 6.07) is 8.19. The van der Waals surface area contributed by atoms with E-state index in [0.29, 0.717) is 6.42 Å². The maximum absolute atomic E-state index is 12.1. The van der Waals surface area contributed by atoms with Crippen molar-refractivity contribution < 1.29 is 4.79 Å². The highest BCUT2D eigenvalue weighted by Gasteiger charge is 2.16. The lowest BCUT2D eigenvalue weighted by molar-refractivity contribution is -0.131. The average molecular weight is 243 g/mol. The predicted molar refractivity (Wildman–Crippen MR) is 71.5 cm³/mol. The van der Waals surface area contributed by atoms with Crippen LogP contribution in [0.1, 0.15) is 5.56 Å². The minimum atomic E-state index is 0.228. The fourth-order valence-electron chi connectivity index (χ4n) is 2.41. The van der Waals surface area contributed by atoms with Crippen molar-refractivity contribution in [3.05, 3.63) is 36.0 Å². The van der Waals surface area contributed by atoms with E-state index in [1.165, 1.54) is 5.39 Å². The van der Waals surface area contributed by atoms with Gasteiger partial charge in [-0.25, -0.2) is 0 Å². The summed E-state index contributed by atoms with van der Waals surface area (Å²) in [6.07, 6.45) is 2.42. The van der Waals surface area contributed by atoms with E-state index in [0.717, 1.165) is 37.3 Å². The van der Waals surface area contributed by atoms with Gasteiger partial charge >= 0.3 is 0 Å². The molecule has 1 aromatic carbocycles. The Kier molecular flexibility index (Phi) is 3.02. The van der Waals surface area contributed by atoms with Crippen LogP contribution in [0.2, 0.25) is 0 Å². The lowest BCUT2D eigenvalue weighted by Gasteiger charge is -2.27. The summed E-state index contributed by atoms with van der Waals surface area (Å²) in [5.74, 6) is 0.228. The van der Waals surface area contributed by atoms with Crippen LogP contribution in [0.15, 0.2) is 30.5 Å². The highest BCUT2D eigenvalue weighted by molar-refractivity contribution is 5.83.